The molecule has 0 aliphatic heterocycles. The van der Waals surface area contributed by atoms with Crippen molar-refractivity contribution in [3.63, 3.8) is 0 Å². The van der Waals surface area contributed by atoms with E-state index >= 15 is 0 Å². The zero-order valence-electron chi connectivity index (χ0n) is 12.5. The van der Waals surface area contributed by atoms with Crippen LogP contribution in [-0.4, -0.2) is 14.2 Å². The molecule has 2 aromatic carbocycles. The van der Waals surface area contributed by atoms with Crippen molar-refractivity contribution in [2.24, 2.45) is 0 Å². The number of ketones is 1. The van der Waals surface area contributed by atoms with E-state index in [-0.39, 0.29) is 22.0 Å². The number of carbonyl (C=O) groups is 1. The van der Waals surface area contributed by atoms with Crippen molar-refractivity contribution in [3.05, 3.63) is 57.6 Å². The Morgan fingerprint density at radius 3 is 2.57 bits per heavy atom. The van der Waals surface area contributed by atoms with E-state index in [1.807, 2.05) is 6.07 Å². The summed E-state index contributed by atoms with van der Waals surface area (Å²) in [6.45, 7) is 1.37. The Bertz CT molecular complexity index is 887. The lowest BCUT2D eigenvalue weighted by Gasteiger charge is -2.11. The first-order valence-electron chi connectivity index (χ1n) is 7.23. The van der Waals surface area contributed by atoms with Gasteiger partial charge < -0.3 is 4.18 Å². The average molecular weight is 395 g/mol. The quantitative estimate of drug-likeness (QED) is 0.582. The van der Waals surface area contributed by atoms with Gasteiger partial charge in [-0.1, -0.05) is 22.0 Å². The maximum Gasteiger partial charge on any atom is 0.339 e. The van der Waals surface area contributed by atoms with Crippen LogP contribution in [0.4, 0.5) is 0 Å². The summed E-state index contributed by atoms with van der Waals surface area (Å²) in [5, 5.41) is 0. The van der Waals surface area contributed by atoms with Crippen LogP contribution in [0.15, 0.2) is 45.8 Å². The number of Topliss-reactive ketones (excluding diaryl/α,β-unsaturated/α-hetero) is 1. The van der Waals surface area contributed by atoms with Crippen LogP contribution in [0.2, 0.25) is 0 Å². The number of aryl methyl sites for hydroxylation is 2. The molecule has 0 N–H and O–H groups in total. The highest BCUT2D eigenvalue weighted by molar-refractivity contribution is 9.10. The van der Waals surface area contributed by atoms with Gasteiger partial charge in [-0.15, -0.1) is 0 Å². The van der Waals surface area contributed by atoms with Gasteiger partial charge in [0.25, 0.3) is 0 Å². The van der Waals surface area contributed by atoms with E-state index in [0.29, 0.717) is 4.47 Å². The van der Waals surface area contributed by atoms with Gasteiger partial charge in [-0.25, -0.2) is 0 Å². The molecule has 4 nitrogen and oxygen atoms in total. The number of fused-ring (bicyclic) bond motifs is 1. The van der Waals surface area contributed by atoms with E-state index < -0.39 is 10.1 Å². The summed E-state index contributed by atoms with van der Waals surface area (Å²) >= 11 is 3.27. The van der Waals surface area contributed by atoms with Crippen molar-refractivity contribution in [1.29, 1.82) is 0 Å². The molecule has 2 aromatic rings. The Labute approximate surface area is 143 Å². The molecule has 0 bridgehead atoms. The Morgan fingerprint density at radius 2 is 1.83 bits per heavy atom. The maximum absolute atomic E-state index is 12.5. The SMILES string of the molecule is CC(=O)c1cc(Br)ccc1OS(=O)(=O)c1ccc2c(c1)CCC2. The Kier molecular flexibility index (Phi) is 4.29. The summed E-state index contributed by atoms with van der Waals surface area (Å²) < 4.78 is 30.9. The first kappa shape index (κ1) is 16.2. The number of benzene rings is 2. The number of carbonyl (C=O) groups excluding carboxylic acids is 1. The van der Waals surface area contributed by atoms with Crippen LogP contribution in [0.5, 0.6) is 5.75 Å². The predicted octanol–water partition coefficient (Wildman–Crippen LogP) is 3.91. The normalized spacial score (nSPS) is 13.7. The maximum atomic E-state index is 12.5. The second kappa shape index (κ2) is 6.09. The largest absolute Gasteiger partial charge is 0.378 e. The molecule has 0 atom stereocenters. The lowest BCUT2D eigenvalue weighted by Crippen LogP contribution is -2.12. The smallest absolute Gasteiger partial charge is 0.339 e. The van der Waals surface area contributed by atoms with Gasteiger partial charge >= 0.3 is 10.1 Å². The molecule has 0 aromatic heterocycles. The van der Waals surface area contributed by atoms with Crippen molar-refractivity contribution >= 4 is 31.8 Å². The lowest BCUT2D eigenvalue weighted by molar-refractivity contribution is 0.101. The van der Waals surface area contributed by atoms with Gasteiger partial charge in [0, 0.05) is 4.47 Å². The van der Waals surface area contributed by atoms with Crippen molar-refractivity contribution in [2.45, 2.75) is 31.1 Å². The highest BCUT2D eigenvalue weighted by Crippen LogP contribution is 2.29. The fourth-order valence-electron chi connectivity index (χ4n) is 2.72. The third-order valence-electron chi connectivity index (χ3n) is 3.88. The molecular formula is C17H15BrO4S. The molecule has 0 unspecified atom stereocenters. The topological polar surface area (TPSA) is 60.4 Å². The fourth-order valence-corrected chi connectivity index (χ4v) is 4.08. The van der Waals surface area contributed by atoms with Crippen LogP contribution in [0.3, 0.4) is 0 Å². The molecule has 0 heterocycles. The molecule has 0 spiro atoms. The third-order valence-corrected chi connectivity index (χ3v) is 5.60. The zero-order valence-corrected chi connectivity index (χ0v) is 14.9. The van der Waals surface area contributed by atoms with Crippen LogP contribution in [-0.2, 0) is 23.0 Å². The Hall–Kier alpha value is -1.66. The van der Waals surface area contributed by atoms with Crippen LogP contribution < -0.4 is 4.18 Å². The number of hydrogen-bond donors (Lipinski definition) is 0. The molecule has 0 saturated heterocycles. The minimum absolute atomic E-state index is 0.0428. The second-order valence-electron chi connectivity index (χ2n) is 5.52. The molecule has 0 fully saturated rings. The first-order chi connectivity index (χ1) is 10.9. The Morgan fingerprint density at radius 1 is 1.09 bits per heavy atom. The molecule has 23 heavy (non-hydrogen) atoms. The summed E-state index contributed by atoms with van der Waals surface area (Å²) in [4.78, 5) is 11.8. The third kappa shape index (κ3) is 3.33. The van der Waals surface area contributed by atoms with Crippen molar-refractivity contribution < 1.29 is 17.4 Å². The Balaban J connectivity index is 1.97. The van der Waals surface area contributed by atoms with Gasteiger partial charge in [-0.2, -0.15) is 8.42 Å². The molecule has 3 rings (SSSR count). The van der Waals surface area contributed by atoms with Gasteiger partial charge in [-0.05, 0) is 67.6 Å². The molecule has 0 radical (unpaired) electrons. The number of rotatable bonds is 4. The summed E-state index contributed by atoms with van der Waals surface area (Å²) in [5.74, 6) is -0.216. The average Bonchev–Trinajstić information content (AvgIpc) is 2.96. The van der Waals surface area contributed by atoms with Crippen LogP contribution >= 0.6 is 15.9 Å². The zero-order chi connectivity index (χ0) is 16.6. The van der Waals surface area contributed by atoms with Gasteiger partial charge in [0.1, 0.15) is 4.90 Å². The van der Waals surface area contributed by atoms with Gasteiger partial charge in [0.2, 0.25) is 0 Å². The molecule has 1 aliphatic carbocycles. The van der Waals surface area contributed by atoms with E-state index in [4.69, 9.17) is 4.18 Å². The van der Waals surface area contributed by atoms with E-state index in [9.17, 15) is 13.2 Å². The van der Waals surface area contributed by atoms with Gasteiger partial charge in [0.05, 0.1) is 5.56 Å². The minimum Gasteiger partial charge on any atom is -0.378 e. The summed E-state index contributed by atoms with van der Waals surface area (Å²) in [6.07, 6.45) is 2.91. The number of halogens is 1. The second-order valence-corrected chi connectivity index (χ2v) is 7.98. The van der Waals surface area contributed by atoms with Crippen LogP contribution in [0, 0.1) is 0 Å². The summed E-state index contributed by atoms with van der Waals surface area (Å²) in [5.41, 5.74) is 2.47. The van der Waals surface area contributed by atoms with Crippen LogP contribution in [0.1, 0.15) is 34.8 Å². The number of hydrogen-bond acceptors (Lipinski definition) is 4. The highest BCUT2D eigenvalue weighted by Gasteiger charge is 2.22. The van der Waals surface area contributed by atoms with Gasteiger partial charge in [-0.3, -0.25) is 4.79 Å². The van der Waals surface area contributed by atoms with Crippen molar-refractivity contribution in [1.82, 2.24) is 0 Å². The highest BCUT2D eigenvalue weighted by atomic mass is 79.9. The first-order valence-corrected chi connectivity index (χ1v) is 9.44. The van der Waals surface area contributed by atoms with E-state index in [0.717, 1.165) is 24.8 Å². The monoisotopic (exact) mass is 394 g/mol. The lowest BCUT2D eigenvalue weighted by atomic mass is 10.1. The molecule has 6 heteroatoms. The molecular weight excluding hydrogens is 380 g/mol. The molecule has 0 amide bonds. The summed E-state index contributed by atoms with van der Waals surface area (Å²) in [6, 6.07) is 9.74. The fraction of sp³-hybridized carbons (Fsp3) is 0.235. The van der Waals surface area contributed by atoms with Crippen molar-refractivity contribution in [2.75, 3.05) is 0 Å². The van der Waals surface area contributed by atoms with Crippen molar-refractivity contribution in [3.8, 4) is 5.75 Å². The molecule has 1 aliphatic rings. The van der Waals surface area contributed by atoms with Gasteiger partial charge in [0.15, 0.2) is 11.5 Å². The van der Waals surface area contributed by atoms with E-state index in [1.54, 1.807) is 24.3 Å². The van der Waals surface area contributed by atoms with E-state index in [2.05, 4.69) is 15.9 Å². The minimum atomic E-state index is -3.97. The van der Waals surface area contributed by atoms with Crippen LogP contribution in [0.25, 0.3) is 0 Å². The molecule has 120 valence electrons. The standard InChI is InChI=1S/C17H15BrO4S/c1-11(19)16-10-14(18)6-8-17(16)22-23(20,21)15-7-5-12-3-2-4-13(12)9-15/h5-10H,2-4H2,1H3. The summed E-state index contributed by atoms with van der Waals surface area (Å²) in [7, 11) is -3.97. The predicted molar refractivity (Wildman–Crippen MR) is 90.4 cm³/mol. The van der Waals surface area contributed by atoms with E-state index in [1.165, 1.54) is 18.6 Å². The molecule has 0 saturated carbocycles.